The average molecular weight is 335 g/mol. The van der Waals surface area contributed by atoms with Gasteiger partial charge in [-0.25, -0.2) is 4.79 Å². The number of carbonyl (C=O) groups is 3. The van der Waals surface area contributed by atoms with Crippen LogP contribution in [0.25, 0.3) is 0 Å². The van der Waals surface area contributed by atoms with Gasteiger partial charge in [-0.3, -0.25) is 9.59 Å². The smallest absolute Gasteiger partial charge is 0.335 e. The molecule has 2 atom stereocenters. The predicted octanol–water partition coefficient (Wildman–Crippen LogP) is 2.90. The maximum atomic E-state index is 12.8. The molecule has 1 aliphatic rings. The Morgan fingerprint density at radius 2 is 1.78 bits per heavy atom. The maximum absolute atomic E-state index is 12.8. The predicted molar refractivity (Wildman–Crippen MR) is 89.7 cm³/mol. The molecule has 1 amide bonds. The van der Waals surface area contributed by atoms with Crippen molar-refractivity contribution in [1.29, 1.82) is 0 Å². The number of aromatic carboxylic acids is 1. The van der Waals surface area contributed by atoms with Crippen molar-refractivity contribution in [3.8, 4) is 0 Å². The monoisotopic (exact) mass is 335 g/mol. The highest BCUT2D eigenvalue weighted by Crippen LogP contribution is 2.50. The van der Waals surface area contributed by atoms with Crippen LogP contribution in [-0.2, 0) is 4.79 Å². The molecule has 1 aliphatic heterocycles. The first-order chi connectivity index (χ1) is 10.6. The molecular formula is C17H21NO4S. The number of hydrogen-bond donors (Lipinski definition) is 1. The number of hydrogen-bond acceptors (Lipinski definition) is 4. The van der Waals surface area contributed by atoms with E-state index in [1.54, 1.807) is 16.7 Å². The minimum Gasteiger partial charge on any atom is -0.478 e. The second kappa shape index (κ2) is 6.00. The molecule has 1 saturated heterocycles. The van der Waals surface area contributed by atoms with Gasteiger partial charge < -0.3 is 10.0 Å². The molecule has 124 valence electrons. The zero-order valence-electron chi connectivity index (χ0n) is 13.7. The van der Waals surface area contributed by atoms with E-state index < -0.39 is 16.9 Å². The summed E-state index contributed by atoms with van der Waals surface area (Å²) in [5.41, 5.74) is 0.376. The lowest BCUT2D eigenvalue weighted by atomic mass is 9.85. The molecule has 1 fully saturated rings. The van der Waals surface area contributed by atoms with Gasteiger partial charge in [0.2, 0.25) is 6.41 Å². The summed E-state index contributed by atoms with van der Waals surface area (Å²) in [6.45, 7) is 8.12. The summed E-state index contributed by atoms with van der Waals surface area (Å²) in [6.07, 6.45) is 0.749. The summed E-state index contributed by atoms with van der Waals surface area (Å²) < 4.78 is 0. The van der Waals surface area contributed by atoms with Gasteiger partial charge in [0, 0.05) is 11.3 Å². The van der Waals surface area contributed by atoms with E-state index in [0.717, 1.165) is 6.41 Å². The zero-order valence-corrected chi connectivity index (χ0v) is 14.5. The van der Waals surface area contributed by atoms with Crippen LogP contribution >= 0.6 is 11.8 Å². The van der Waals surface area contributed by atoms with Gasteiger partial charge in [0.15, 0.2) is 5.78 Å². The van der Waals surface area contributed by atoms with Gasteiger partial charge in [-0.1, -0.05) is 32.9 Å². The fourth-order valence-electron chi connectivity index (χ4n) is 2.64. The van der Waals surface area contributed by atoms with Crippen molar-refractivity contribution in [3.63, 3.8) is 0 Å². The topological polar surface area (TPSA) is 74.7 Å². The largest absolute Gasteiger partial charge is 0.478 e. The SMILES string of the molecule is CC(C)(C)[C@@]1(C)SCC(C(=O)c2ccc(C(=O)O)cc2)N1C=O. The molecule has 0 bridgehead atoms. The third-order valence-corrected chi connectivity index (χ3v) is 6.44. The summed E-state index contributed by atoms with van der Waals surface area (Å²) in [6, 6.07) is 5.30. The van der Waals surface area contributed by atoms with Gasteiger partial charge >= 0.3 is 5.97 Å². The minimum atomic E-state index is -1.03. The Labute approximate surface area is 140 Å². The van der Waals surface area contributed by atoms with E-state index in [1.165, 1.54) is 24.3 Å². The molecule has 23 heavy (non-hydrogen) atoms. The molecule has 1 heterocycles. The van der Waals surface area contributed by atoms with Gasteiger partial charge in [-0.15, -0.1) is 11.8 Å². The third-order valence-electron chi connectivity index (χ3n) is 4.57. The number of ketones is 1. The van der Waals surface area contributed by atoms with Gasteiger partial charge in [-0.2, -0.15) is 0 Å². The van der Waals surface area contributed by atoms with Crippen LogP contribution in [-0.4, -0.2) is 44.8 Å². The van der Waals surface area contributed by atoms with Crippen LogP contribution in [0.3, 0.4) is 0 Å². The van der Waals surface area contributed by atoms with Crippen LogP contribution < -0.4 is 0 Å². The fraction of sp³-hybridized carbons (Fsp3) is 0.471. The first-order valence-electron chi connectivity index (χ1n) is 7.37. The van der Waals surface area contributed by atoms with E-state index >= 15 is 0 Å². The van der Waals surface area contributed by atoms with E-state index in [-0.39, 0.29) is 16.8 Å². The second-order valence-corrected chi connectivity index (χ2v) is 8.24. The summed E-state index contributed by atoms with van der Waals surface area (Å²) in [5, 5.41) is 8.92. The van der Waals surface area contributed by atoms with Crippen molar-refractivity contribution < 1.29 is 19.5 Å². The number of nitrogens with zero attached hydrogens (tertiary/aromatic N) is 1. The molecular weight excluding hydrogens is 314 g/mol. The number of Topliss-reactive ketones (excluding diaryl/α,β-unsaturated/α-hetero) is 1. The Morgan fingerprint density at radius 3 is 2.22 bits per heavy atom. The lowest BCUT2D eigenvalue weighted by molar-refractivity contribution is -0.124. The molecule has 0 aromatic heterocycles. The van der Waals surface area contributed by atoms with Gasteiger partial charge in [0.25, 0.3) is 0 Å². The minimum absolute atomic E-state index is 0.133. The Morgan fingerprint density at radius 1 is 1.26 bits per heavy atom. The molecule has 5 nitrogen and oxygen atoms in total. The van der Waals surface area contributed by atoms with Crippen molar-refractivity contribution in [1.82, 2.24) is 4.90 Å². The number of benzene rings is 1. The van der Waals surface area contributed by atoms with E-state index in [9.17, 15) is 14.4 Å². The van der Waals surface area contributed by atoms with E-state index in [1.807, 2.05) is 27.7 Å². The van der Waals surface area contributed by atoms with Crippen LogP contribution in [0.5, 0.6) is 0 Å². The van der Waals surface area contributed by atoms with Crippen LogP contribution in [0.4, 0.5) is 0 Å². The summed E-state index contributed by atoms with van der Waals surface area (Å²) in [7, 11) is 0. The van der Waals surface area contributed by atoms with Crippen molar-refractivity contribution in [2.24, 2.45) is 5.41 Å². The highest BCUT2D eigenvalue weighted by molar-refractivity contribution is 8.01. The molecule has 6 heteroatoms. The number of carboxylic acids is 1. The van der Waals surface area contributed by atoms with Gasteiger partial charge in [0.05, 0.1) is 10.4 Å². The quantitative estimate of drug-likeness (QED) is 0.676. The van der Waals surface area contributed by atoms with Crippen LogP contribution in [0.15, 0.2) is 24.3 Å². The summed E-state index contributed by atoms with van der Waals surface area (Å²) >= 11 is 1.60. The lowest BCUT2D eigenvalue weighted by Gasteiger charge is -2.44. The first-order valence-corrected chi connectivity index (χ1v) is 8.35. The van der Waals surface area contributed by atoms with Crippen LogP contribution in [0.1, 0.15) is 48.4 Å². The first kappa shape index (κ1) is 17.5. The average Bonchev–Trinajstić information content (AvgIpc) is 2.84. The van der Waals surface area contributed by atoms with Crippen LogP contribution in [0, 0.1) is 5.41 Å². The summed E-state index contributed by atoms with van der Waals surface area (Å²) in [5.74, 6) is -0.656. The highest BCUT2D eigenvalue weighted by Gasteiger charge is 2.52. The standard InChI is InChI=1S/C17H21NO4S/c1-16(2,3)17(4)18(10-19)13(9-23-17)14(20)11-5-7-12(8-6-11)15(21)22/h5-8,10,13H,9H2,1-4H3,(H,21,22)/t13?,17-/m1/s1. The Kier molecular flexibility index (Phi) is 4.57. The van der Waals surface area contributed by atoms with Crippen molar-refractivity contribution in [2.45, 2.75) is 38.6 Å². The van der Waals surface area contributed by atoms with Crippen LogP contribution in [0.2, 0.25) is 0 Å². The number of rotatable bonds is 4. The Balaban J connectivity index is 2.29. The molecule has 1 unspecified atom stereocenters. The molecule has 0 aliphatic carbocycles. The molecule has 0 saturated carbocycles. The van der Waals surface area contributed by atoms with Crippen molar-refractivity contribution in [3.05, 3.63) is 35.4 Å². The lowest BCUT2D eigenvalue weighted by Crippen LogP contribution is -2.53. The highest BCUT2D eigenvalue weighted by atomic mass is 32.2. The molecule has 0 spiro atoms. The molecule has 1 aromatic rings. The van der Waals surface area contributed by atoms with E-state index in [4.69, 9.17) is 5.11 Å². The van der Waals surface area contributed by atoms with Gasteiger partial charge in [0.1, 0.15) is 6.04 Å². The maximum Gasteiger partial charge on any atom is 0.335 e. The van der Waals surface area contributed by atoms with Crippen molar-refractivity contribution >= 4 is 29.9 Å². The normalized spacial score (nSPS) is 24.5. The molecule has 0 radical (unpaired) electrons. The number of carboxylic acid groups (broad SMARTS) is 1. The van der Waals surface area contributed by atoms with E-state index in [0.29, 0.717) is 11.3 Å². The third kappa shape index (κ3) is 3.00. The Bertz CT molecular complexity index is 635. The molecule has 1 N–H and O–H groups in total. The van der Waals surface area contributed by atoms with E-state index in [2.05, 4.69) is 0 Å². The zero-order chi connectivity index (χ0) is 17.4. The fourth-order valence-corrected chi connectivity index (χ4v) is 4.19. The van der Waals surface area contributed by atoms with Gasteiger partial charge in [-0.05, 0) is 24.5 Å². The molecule has 1 aromatic carbocycles. The second-order valence-electron chi connectivity index (χ2n) is 6.82. The number of thioether (sulfide) groups is 1. The Hall–Kier alpha value is -1.82. The number of amides is 1. The van der Waals surface area contributed by atoms with Crippen molar-refractivity contribution in [2.75, 3.05) is 5.75 Å². The molecule has 2 rings (SSSR count). The summed E-state index contributed by atoms with van der Waals surface area (Å²) in [4.78, 5) is 36.4. The number of carbonyl (C=O) groups excluding carboxylic acids is 2.